The molecule has 0 heterocycles. The molecule has 0 radical (unpaired) electrons. The third-order valence-electron chi connectivity index (χ3n) is 1.85. The van der Waals surface area contributed by atoms with Crippen LogP contribution in [-0.2, 0) is 0 Å². The molecular formula is C11H15NS. The first-order valence-corrected chi connectivity index (χ1v) is 5.22. The second-order valence-electron chi connectivity index (χ2n) is 2.84. The maximum atomic E-state index is 4.53. The van der Waals surface area contributed by atoms with Gasteiger partial charge < -0.3 is 0 Å². The Morgan fingerprint density at radius 2 is 2.00 bits per heavy atom. The van der Waals surface area contributed by atoms with Gasteiger partial charge in [0.25, 0.3) is 0 Å². The lowest BCUT2D eigenvalue weighted by atomic mass is 10.2. The van der Waals surface area contributed by atoms with Gasteiger partial charge in [0.05, 0.1) is 5.69 Å². The molecule has 0 N–H and O–H groups in total. The minimum atomic E-state index is 0.875. The van der Waals surface area contributed by atoms with Crippen LogP contribution in [0.5, 0.6) is 0 Å². The van der Waals surface area contributed by atoms with Crippen LogP contribution in [-0.4, -0.2) is 11.5 Å². The van der Waals surface area contributed by atoms with Crippen LogP contribution in [0.1, 0.15) is 19.8 Å². The molecule has 0 atom stereocenters. The third kappa shape index (κ3) is 3.64. The lowest BCUT2D eigenvalue weighted by Gasteiger charge is -2.00. The number of para-hydroxylation sites is 1. The van der Waals surface area contributed by atoms with Gasteiger partial charge in [0.2, 0.25) is 0 Å². The number of hydrogen-bond acceptors (Lipinski definition) is 2. The second kappa shape index (κ2) is 5.81. The predicted molar refractivity (Wildman–Crippen MR) is 62.3 cm³/mol. The molecule has 0 bridgehead atoms. The van der Waals surface area contributed by atoms with Crippen LogP contribution in [0, 0.1) is 0 Å². The van der Waals surface area contributed by atoms with Gasteiger partial charge in [0, 0.05) is 5.71 Å². The molecule has 13 heavy (non-hydrogen) atoms. The van der Waals surface area contributed by atoms with E-state index < -0.39 is 0 Å². The second-order valence-corrected chi connectivity index (χ2v) is 3.29. The van der Waals surface area contributed by atoms with Crippen molar-refractivity contribution in [1.82, 2.24) is 0 Å². The van der Waals surface area contributed by atoms with Crippen molar-refractivity contribution in [3.8, 4) is 0 Å². The predicted octanol–water partition coefficient (Wildman–Crippen LogP) is 3.49. The van der Waals surface area contributed by atoms with Crippen molar-refractivity contribution in [2.45, 2.75) is 19.8 Å². The van der Waals surface area contributed by atoms with Crippen molar-refractivity contribution in [3.63, 3.8) is 0 Å². The van der Waals surface area contributed by atoms with Gasteiger partial charge in [-0.2, -0.15) is 12.6 Å². The first-order chi connectivity index (χ1) is 6.36. The number of benzene rings is 1. The summed E-state index contributed by atoms with van der Waals surface area (Å²) in [6.45, 7) is 2.13. The summed E-state index contributed by atoms with van der Waals surface area (Å²) in [5.41, 5.74) is 2.27. The molecule has 0 aliphatic heterocycles. The van der Waals surface area contributed by atoms with Crippen molar-refractivity contribution in [2.75, 3.05) is 5.75 Å². The molecule has 0 saturated heterocycles. The summed E-state index contributed by atoms with van der Waals surface area (Å²) in [4.78, 5) is 4.53. The Kier molecular flexibility index (Phi) is 4.61. The van der Waals surface area contributed by atoms with Gasteiger partial charge in [-0.3, -0.25) is 4.99 Å². The number of hydrogen-bond donors (Lipinski definition) is 1. The summed E-state index contributed by atoms with van der Waals surface area (Å²) in [5.74, 6) is 0.875. The molecule has 0 aliphatic rings. The third-order valence-corrected chi connectivity index (χ3v) is 2.08. The molecule has 1 nitrogen and oxygen atoms in total. The Labute approximate surface area is 85.3 Å². The van der Waals surface area contributed by atoms with E-state index in [1.807, 2.05) is 30.3 Å². The summed E-state index contributed by atoms with van der Waals surface area (Å²) in [5, 5.41) is 0. The van der Waals surface area contributed by atoms with Crippen LogP contribution in [0.15, 0.2) is 35.3 Å². The lowest BCUT2D eigenvalue weighted by molar-refractivity contribution is 1.16. The van der Waals surface area contributed by atoms with Crippen LogP contribution in [0.25, 0.3) is 0 Å². The van der Waals surface area contributed by atoms with E-state index in [2.05, 4.69) is 24.5 Å². The number of thiol groups is 1. The van der Waals surface area contributed by atoms with Gasteiger partial charge in [0.1, 0.15) is 0 Å². The maximum Gasteiger partial charge on any atom is 0.0629 e. The molecule has 70 valence electrons. The topological polar surface area (TPSA) is 12.4 Å². The summed E-state index contributed by atoms with van der Waals surface area (Å²) in [6.07, 6.45) is 1.99. The van der Waals surface area contributed by atoms with Crippen molar-refractivity contribution >= 4 is 24.0 Å². The van der Waals surface area contributed by atoms with Gasteiger partial charge in [0.15, 0.2) is 0 Å². The minimum Gasteiger partial charge on any atom is -0.258 e. The minimum absolute atomic E-state index is 0.875. The molecular weight excluding hydrogens is 178 g/mol. The Morgan fingerprint density at radius 1 is 1.31 bits per heavy atom. The Bertz CT molecular complexity index is 267. The van der Waals surface area contributed by atoms with Crippen molar-refractivity contribution in [3.05, 3.63) is 30.3 Å². The van der Waals surface area contributed by atoms with E-state index in [0.29, 0.717) is 0 Å². The van der Waals surface area contributed by atoms with Crippen LogP contribution in [0.3, 0.4) is 0 Å². The molecule has 0 fully saturated rings. The van der Waals surface area contributed by atoms with Crippen molar-refractivity contribution in [1.29, 1.82) is 0 Å². The molecule has 0 amide bonds. The van der Waals surface area contributed by atoms with Crippen LogP contribution in [0.4, 0.5) is 5.69 Å². The van der Waals surface area contributed by atoms with Gasteiger partial charge in [-0.1, -0.05) is 25.1 Å². The standard InChI is InChI=1S/C11H15NS/c1-2-10(8-9-13)12-11-6-4-3-5-7-11/h3-7,13H,2,8-9H2,1H3. The Balaban J connectivity index is 2.73. The fraction of sp³-hybridized carbons (Fsp3) is 0.364. The summed E-state index contributed by atoms with van der Waals surface area (Å²) < 4.78 is 0. The monoisotopic (exact) mass is 193 g/mol. The van der Waals surface area contributed by atoms with E-state index in [1.165, 1.54) is 5.71 Å². The number of rotatable bonds is 4. The van der Waals surface area contributed by atoms with E-state index in [9.17, 15) is 0 Å². The molecule has 1 aromatic rings. The molecule has 1 aromatic carbocycles. The van der Waals surface area contributed by atoms with Crippen LogP contribution >= 0.6 is 12.6 Å². The molecule has 2 heteroatoms. The maximum absolute atomic E-state index is 4.53. The van der Waals surface area contributed by atoms with E-state index >= 15 is 0 Å². The lowest BCUT2D eigenvalue weighted by Crippen LogP contribution is -1.95. The molecule has 0 aliphatic carbocycles. The Hall–Kier alpha value is -0.760. The first kappa shape index (κ1) is 10.3. The quantitative estimate of drug-likeness (QED) is 0.555. The molecule has 0 spiro atoms. The highest BCUT2D eigenvalue weighted by Crippen LogP contribution is 2.12. The van der Waals surface area contributed by atoms with Crippen molar-refractivity contribution < 1.29 is 0 Å². The van der Waals surface area contributed by atoms with Crippen molar-refractivity contribution in [2.24, 2.45) is 4.99 Å². The highest BCUT2D eigenvalue weighted by atomic mass is 32.1. The fourth-order valence-corrected chi connectivity index (χ4v) is 1.38. The highest BCUT2D eigenvalue weighted by Gasteiger charge is 1.94. The fourth-order valence-electron chi connectivity index (χ4n) is 1.13. The van der Waals surface area contributed by atoms with E-state index in [4.69, 9.17) is 0 Å². The van der Waals surface area contributed by atoms with Gasteiger partial charge >= 0.3 is 0 Å². The van der Waals surface area contributed by atoms with Gasteiger partial charge in [-0.05, 0) is 30.7 Å². The zero-order valence-electron chi connectivity index (χ0n) is 7.90. The first-order valence-electron chi connectivity index (χ1n) is 4.59. The number of nitrogens with zero attached hydrogens (tertiary/aromatic N) is 1. The Morgan fingerprint density at radius 3 is 2.54 bits per heavy atom. The summed E-state index contributed by atoms with van der Waals surface area (Å²) >= 11 is 4.20. The molecule has 0 saturated carbocycles. The SMILES string of the molecule is CCC(CCS)=Nc1ccccc1. The zero-order chi connectivity index (χ0) is 9.52. The van der Waals surface area contributed by atoms with E-state index in [1.54, 1.807) is 0 Å². The summed E-state index contributed by atoms with van der Waals surface area (Å²) in [6, 6.07) is 10.1. The van der Waals surface area contributed by atoms with Gasteiger partial charge in [-0.25, -0.2) is 0 Å². The molecule has 1 rings (SSSR count). The largest absolute Gasteiger partial charge is 0.258 e. The van der Waals surface area contributed by atoms with Crippen LogP contribution in [0.2, 0.25) is 0 Å². The highest BCUT2D eigenvalue weighted by molar-refractivity contribution is 7.80. The normalized spacial score (nSPS) is 11.7. The smallest absolute Gasteiger partial charge is 0.0629 e. The molecule has 0 aromatic heterocycles. The van der Waals surface area contributed by atoms with Crippen LogP contribution < -0.4 is 0 Å². The average molecular weight is 193 g/mol. The van der Waals surface area contributed by atoms with E-state index in [-0.39, 0.29) is 0 Å². The van der Waals surface area contributed by atoms with E-state index in [0.717, 1.165) is 24.3 Å². The average Bonchev–Trinajstić information content (AvgIpc) is 2.19. The number of aliphatic imine (C=N–C) groups is 1. The summed E-state index contributed by atoms with van der Waals surface area (Å²) in [7, 11) is 0. The zero-order valence-corrected chi connectivity index (χ0v) is 8.80. The molecule has 0 unspecified atom stereocenters. The van der Waals surface area contributed by atoms with Gasteiger partial charge in [-0.15, -0.1) is 0 Å².